The van der Waals surface area contributed by atoms with Crippen LogP contribution in [-0.2, 0) is 58.6 Å². The van der Waals surface area contributed by atoms with Crippen molar-refractivity contribution in [2.75, 3.05) is 13.2 Å². The molecule has 0 saturated carbocycles. The predicted octanol–water partition coefficient (Wildman–Crippen LogP) is 3.48. The first-order valence-electron chi connectivity index (χ1n) is 18.0. The Labute approximate surface area is 312 Å². The molecule has 0 unspecified atom stereocenters. The van der Waals surface area contributed by atoms with Crippen LogP contribution in [0.2, 0.25) is 18.1 Å². The third-order valence-corrected chi connectivity index (χ3v) is 14.5. The number of nitrogens with one attached hydrogen (secondary N) is 2. The molecular weight excluding hydrogens is 705 g/mol. The Balaban J connectivity index is 1.52. The van der Waals surface area contributed by atoms with Gasteiger partial charge in [0.15, 0.2) is 33.3 Å². The van der Waals surface area contributed by atoms with E-state index in [1.807, 2.05) is 60.7 Å². The summed E-state index contributed by atoms with van der Waals surface area (Å²) in [6.07, 6.45) is -9.16. The van der Waals surface area contributed by atoms with Gasteiger partial charge in [0.05, 0.1) is 25.9 Å². The van der Waals surface area contributed by atoms with E-state index in [2.05, 4.69) is 44.5 Å². The van der Waals surface area contributed by atoms with Crippen LogP contribution < -0.4 is 10.6 Å². The van der Waals surface area contributed by atoms with Crippen molar-refractivity contribution in [1.29, 1.82) is 0 Å². The monoisotopic (exact) mass is 758 g/mol. The van der Waals surface area contributed by atoms with Gasteiger partial charge in [0, 0.05) is 26.3 Å². The molecule has 53 heavy (non-hydrogen) atoms. The number of carbonyl (C=O) groups is 3. The predicted molar refractivity (Wildman–Crippen MR) is 193 cm³/mol. The van der Waals surface area contributed by atoms with Crippen LogP contribution in [0, 0.1) is 0 Å². The molecule has 3 aliphatic heterocycles. The lowest BCUT2D eigenvalue weighted by Gasteiger charge is -2.53. The molecule has 5 rings (SSSR count). The Morgan fingerprint density at radius 3 is 2.08 bits per heavy atom. The lowest BCUT2D eigenvalue weighted by Crippen LogP contribution is -2.71. The maximum atomic E-state index is 12.9. The van der Waals surface area contributed by atoms with Gasteiger partial charge in [-0.2, -0.15) is 0 Å². The quantitative estimate of drug-likeness (QED) is 0.213. The highest BCUT2D eigenvalue weighted by molar-refractivity contribution is 6.74. The van der Waals surface area contributed by atoms with E-state index in [9.17, 15) is 19.5 Å². The fourth-order valence-electron chi connectivity index (χ4n) is 6.47. The van der Waals surface area contributed by atoms with Crippen molar-refractivity contribution in [3.8, 4) is 0 Å². The molecule has 3 aliphatic rings. The second kappa shape index (κ2) is 17.5. The number of esters is 1. The minimum Gasteiger partial charge on any atom is -0.457 e. The van der Waals surface area contributed by atoms with Crippen LogP contribution in [0.4, 0.5) is 0 Å². The molecule has 15 heteroatoms. The number of ether oxygens (including phenoxy) is 7. The number of carbonyl (C=O) groups excluding carboxylic acids is 3. The Bertz CT molecular complexity index is 1530. The summed E-state index contributed by atoms with van der Waals surface area (Å²) in [7, 11) is -2.56. The molecule has 0 spiro atoms. The number of fused-ring (bicyclic) bond motifs is 1. The van der Waals surface area contributed by atoms with Gasteiger partial charge in [0.1, 0.15) is 36.5 Å². The zero-order valence-corrected chi connectivity index (χ0v) is 32.7. The fraction of sp³-hybridized carbons (Fsp3) is 0.605. The first kappa shape index (κ1) is 40.9. The van der Waals surface area contributed by atoms with Gasteiger partial charge < -0.3 is 53.3 Å². The van der Waals surface area contributed by atoms with Crippen molar-refractivity contribution in [2.45, 2.75) is 134 Å². The molecule has 0 aromatic heterocycles. The van der Waals surface area contributed by atoms with E-state index in [0.717, 1.165) is 11.1 Å². The zero-order valence-electron chi connectivity index (χ0n) is 31.7. The summed E-state index contributed by atoms with van der Waals surface area (Å²) in [4.78, 5) is 37.8. The number of hydrogen-bond acceptors (Lipinski definition) is 12. The van der Waals surface area contributed by atoms with Gasteiger partial charge in [0.2, 0.25) is 11.8 Å². The Morgan fingerprint density at radius 2 is 1.47 bits per heavy atom. The number of rotatable bonds is 12. The molecule has 0 bridgehead atoms. The molecule has 2 aromatic carbocycles. The van der Waals surface area contributed by atoms with Crippen LogP contribution in [0.25, 0.3) is 0 Å². The van der Waals surface area contributed by atoms with Crippen molar-refractivity contribution >= 4 is 26.1 Å². The minimum absolute atomic E-state index is 0.0976. The molecule has 0 radical (unpaired) electrons. The molecule has 3 fully saturated rings. The van der Waals surface area contributed by atoms with Crippen molar-refractivity contribution in [3.05, 3.63) is 71.8 Å². The maximum absolute atomic E-state index is 12.9. The van der Waals surface area contributed by atoms with Crippen LogP contribution in [-0.4, -0.2) is 106 Å². The molecule has 3 heterocycles. The van der Waals surface area contributed by atoms with Gasteiger partial charge in [0.25, 0.3) is 0 Å². The Hall–Kier alpha value is -3.25. The van der Waals surface area contributed by atoms with Gasteiger partial charge in [-0.25, -0.2) is 0 Å². The van der Waals surface area contributed by atoms with Gasteiger partial charge in [-0.15, -0.1) is 0 Å². The van der Waals surface area contributed by atoms with Crippen LogP contribution in [0.5, 0.6) is 0 Å². The van der Waals surface area contributed by atoms with Gasteiger partial charge >= 0.3 is 5.97 Å². The average Bonchev–Trinajstić information content (AvgIpc) is 3.09. The molecule has 14 nitrogen and oxygen atoms in total. The van der Waals surface area contributed by atoms with E-state index in [1.165, 1.54) is 20.8 Å². The van der Waals surface area contributed by atoms with Crippen LogP contribution in [0.1, 0.15) is 59.0 Å². The Kier molecular flexibility index (Phi) is 13.5. The summed E-state index contributed by atoms with van der Waals surface area (Å²) in [5, 5.41) is 16.6. The highest BCUT2D eigenvalue weighted by atomic mass is 28.4. The summed E-state index contributed by atoms with van der Waals surface area (Å²) in [5.74, 6) is -1.54. The summed E-state index contributed by atoms with van der Waals surface area (Å²) in [5.41, 5.74) is 1.72. The molecule has 292 valence electrons. The number of hydrogen-bond donors (Lipinski definition) is 3. The third-order valence-electron chi connectivity index (χ3n) is 10.0. The molecule has 3 N–H and O–H groups in total. The number of benzene rings is 2. The van der Waals surface area contributed by atoms with Crippen molar-refractivity contribution in [1.82, 2.24) is 10.6 Å². The topological polar surface area (TPSA) is 169 Å². The summed E-state index contributed by atoms with van der Waals surface area (Å²) in [6.45, 7) is 14.7. The lowest BCUT2D eigenvalue weighted by atomic mass is 9.93. The van der Waals surface area contributed by atoms with Crippen LogP contribution in [0.3, 0.4) is 0 Å². The molecular formula is C38H54N2O12Si. The van der Waals surface area contributed by atoms with Gasteiger partial charge in [-0.3, -0.25) is 14.4 Å². The number of aliphatic hydroxyl groups is 1. The van der Waals surface area contributed by atoms with Crippen LogP contribution in [0.15, 0.2) is 60.7 Å². The third kappa shape index (κ3) is 10.3. The highest BCUT2D eigenvalue weighted by Crippen LogP contribution is 2.43. The van der Waals surface area contributed by atoms with Crippen LogP contribution >= 0.6 is 0 Å². The highest BCUT2D eigenvalue weighted by Gasteiger charge is 2.57. The maximum Gasteiger partial charge on any atom is 0.303 e. The first-order valence-corrected chi connectivity index (χ1v) is 20.9. The largest absolute Gasteiger partial charge is 0.457 e. The molecule has 2 amide bonds. The zero-order chi connectivity index (χ0) is 38.5. The standard InChI is InChI=1S/C38H54N2O12Si/c1-22(41)39-29-33(47-24(3)43)31(27(48-35(29)44)20-45-19-25-15-11-9-12-16-25)51-37-30(40-23(2)42)34(52-53(7,8)38(4,5)6)32-28(49-37)21-46-36(50-32)26-17-13-10-14-18-26/h9-18,27-37,44H,19-21H2,1-8H3,(H,39,41)(H,40,42)/t27-,28-,29-,30-,31+,32+,33-,34-,35+,36+,37+/m1/s1. The van der Waals surface area contributed by atoms with E-state index in [-0.39, 0.29) is 30.8 Å². The number of aliphatic hydroxyl groups excluding tert-OH is 1. The molecule has 2 aromatic rings. The fourth-order valence-corrected chi connectivity index (χ4v) is 7.79. The van der Waals surface area contributed by atoms with Gasteiger partial charge in [-0.1, -0.05) is 81.4 Å². The molecule has 0 aliphatic carbocycles. The normalized spacial score (nSPS) is 31.9. The second-order valence-corrected chi connectivity index (χ2v) is 20.0. The Morgan fingerprint density at radius 1 is 0.849 bits per heavy atom. The number of amides is 2. The van der Waals surface area contributed by atoms with Crippen molar-refractivity contribution in [2.24, 2.45) is 0 Å². The molecule has 11 atom stereocenters. The summed E-state index contributed by atoms with van der Waals surface area (Å²) < 4.78 is 51.1. The second-order valence-electron chi connectivity index (χ2n) is 15.3. The van der Waals surface area contributed by atoms with Gasteiger partial charge in [-0.05, 0) is 23.7 Å². The van der Waals surface area contributed by atoms with Crippen molar-refractivity contribution in [3.63, 3.8) is 0 Å². The average molecular weight is 759 g/mol. The smallest absolute Gasteiger partial charge is 0.303 e. The van der Waals surface area contributed by atoms with E-state index >= 15 is 0 Å². The molecule has 3 saturated heterocycles. The van der Waals surface area contributed by atoms with E-state index in [4.69, 9.17) is 37.6 Å². The van der Waals surface area contributed by atoms with E-state index in [1.54, 1.807) is 0 Å². The van der Waals surface area contributed by atoms with E-state index in [0.29, 0.717) is 0 Å². The summed E-state index contributed by atoms with van der Waals surface area (Å²) in [6, 6.07) is 16.9. The summed E-state index contributed by atoms with van der Waals surface area (Å²) >= 11 is 0. The first-order chi connectivity index (χ1) is 25.0. The SMILES string of the molecule is CC(=O)N[C@@H]1[C@@H](OC(C)=O)[C@@H](O[C@@H]2O[C@@H]3CO[C@H](c4ccccc4)O[C@@H]3[C@H](O[Si](C)(C)C(C)(C)C)[C@H]2NC(C)=O)[C@@H](COCc2ccccc2)O[C@@H]1O. The lowest BCUT2D eigenvalue weighted by molar-refractivity contribution is -0.363. The minimum atomic E-state index is -2.56. The van der Waals surface area contributed by atoms with Crippen molar-refractivity contribution < 1.29 is 57.1 Å². The van der Waals surface area contributed by atoms with E-state index < -0.39 is 87.8 Å².